The van der Waals surface area contributed by atoms with Crippen LogP contribution in [0, 0.1) is 41.9 Å². The number of hydrogen-bond acceptors (Lipinski definition) is 9. The third-order valence-electron chi connectivity index (χ3n) is 12.2. The summed E-state index contributed by atoms with van der Waals surface area (Å²) in [6, 6.07) is 23.9. The number of benzene rings is 4. The van der Waals surface area contributed by atoms with E-state index in [9.17, 15) is 17.4 Å². The van der Waals surface area contributed by atoms with Gasteiger partial charge in [0.2, 0.25) is 8.32 Å². The zero-order chi connectivity index (χ0) is 42.8. The topological polar surface area (TPSA) is 118 Å². The Morgan fingerprint density at radius 2 is 1.37 bits per heavy atom. The summed E-state index contributed by atoms with van der Waals surface area (Å²) in [4.78, 5) is 12.6. The number of carbonyl (C=O) groups excluding carboxylic acids is 1. The van der Waals surface area contributed by atoms with E-state index in [1.807, 2.05) is 30.3 Å². The van der Waals surface area contributed by atoms with Gasteiger partial charge in [0.05, 0.1) is 5.69 Å². The van der Waals surface area contributed by atoms with Crippen LogP contribution in [-0.2, 0) is 32.0 Å². The van der Waals surface area contributed by atoms with Crippen LogP contribution in [0.1, 0.15) is 88.0 Å². The highest BCUT2D eigenvalue weighted by atomic mass is 32.3. The van der Waals surface area contributed by atoms with Gasteiger partial charge < -0.3 is 17.0 Å². The second-order valence-electron chi connectivity index (χ2n) is 17.1. The monoisotopic (exact) mass is 855 g/mol. The Morgan fingerprint density at radius 1 is 0.780 bits per heavy atom. The van der Waals surface area contributed by atoms with Gasteiger partial charge in [-0.15, -0.1) is 25.6 Å². The number of Topliss-reactive ketones (excluding diaryl/α,β-unsaturated/α-hetero) is 1. The maximum atomic E-state index is 15.0. The predicted molar refractivity (Wildman–Crippen MR) is 231 cm³/mol. The summed E-state index contributed by atoms with van der Waals surface area (Å²) in [5.41, 5.74) is 3.29. The predicted octanol–water partition coefficient (Wildman–Crippen LogP) is 10.8. The van der Waals surface area contributed by atoms with Crippen LogP contribution in [0.2, 0.25) is 18.1 Å². The van der Waals surface area contributed by atoms with Crippen molar-refractivity contribution in [3.63, 3.8) is 0 Å². The summed E-state index contributed by atoms with van der Waals surface area (Å²) < 4.78 is 77.0. The highest BCUT2D eigenvalue weighted by Gasteiger charge is 2.54. The van der Waals surface area contributed by atoms with Crippen LogP contribution < -0.4 is 17.0 Å². The van der Waals surface area contributed by atoms with Gasteiger partial charge in [0, 0.05) is 23.0 Å². The molecule has 7 rings (SSSR count). The number of nitrogens with zero attached hydrogens (tertiary/aromatic N) is 1. The lowest BCUT2D eigenvalue weighted by Gasteiger charge is -2.48. The van der Waals surface area contributed by atoms with Gasteiger partial charge in [-0.25, -0.2) is 0 Å². The van der Waals surface area contributed by atoms with Crippen LogP contribution in [0.15, 0.2) is 95.4 Å². The first-order chi connectivity index (χ1) is 27.7. The molecule has 3 aliphatic rings. The summed E-state index contributed by atoms with van der Waals surface area (Å²) in [5, 5.41) is 0.207. The normalized spacial score (nSPS) is 22.0. The van der Waals surface area contributed by atoms with E-state index < -0.39 is 29.1 Å². The Balaban J connectivity index is 0.000000308. The number of fused-ring (bicyclic) bond motifs is 5. The van der Waals surface area contributed by atoms with Crippen LogP contribution >= 0.6 is 0 Å². The maximum Gasteiger partial charge on any atom is 0.500 e. The van der Waals surface area contributed by atoms with E-state index in [4.69, 9.17) is 29.8 Å². The lowest BCUT2D eigenvalue weighted by Crippen LogP contribution is -2.43. The molecule has 0 amide bonds. The van der Waals surface area contributed by atoms with E-state index in [1.54, 1.807) is 18.2 Å². The van der Waals surface area contributed by atoms with Crippen molar-refractivity contribution in [2.24, 2.45) is 21.6 Å². The number of ketones is 1. The number of hydrogen-bond donors (Lipinski definition) is 0. The molecule has 13 heteroatoms. The first-order valence-corrected chi connectivity index (χ1v) is 25.2. The van der Waals surface area contributed by atoms with Crippen LogP contribution in [0.4, 0.5) is 9.57 Å². The van der Waals surface area contributed by atoms with E-state index in [1.165, 1.54) is 48.0 Å². The van der Waals surface area contributed by atoms with E-state index in [0.29, 0.717) is 35.5 Å². The fourth-order valence-electron chi connectivity index (χ4n) is 8.19. The fourth-order valence-corrected chi connectivity index (χ4v) is 10.7. The van der Waals surface area contributed by atoms with Gasteiger partial charge in [-0.1, -0.05) is 61.6 Å². The van der Waals surface area contributed by atoms with Crippen molar-refractivity contribution in [1.29, 1.82) is 0 Å². The van der Waals surface area contributed by atoms with Gasteiger partial charge in [0.15, 0.2) is 0 Å². The molecule has 3 aliphatic carbocycles. The number of aryl methyl sites for hydroxylation is 1. The Kier molecular flexibility index (Phi) is 12.4. The zero-order valence-corrected chi connectivity index (χ0v) is 36.8. The molecule has 5 atom stereocenters. The summed E-state index contributed by atoms with van der Waals surface area (Å²) in [6.07, 6.45) is 15.9. The molecule has 0 bridgehead atoms. The number of halogens is 1. The van der Waals surface area contributed by atoms with E-state index in [0.717, 1.165) is 49.0 Å². The van der Waals surface area contributed by atoms with Gasteiger partial charge in [-0.05, 0) is 152 Å². The molecule has 0 heterocycles. The molecule has 2 saturated carbocycles. The highest BCUT2D eigenvalue weighted by Crippen LogP contribution is 2.59. The fraction of sp³-hybridized carbons (Fsp3) is 0.370. The van der Waals surface area contributed by atoms with Crippen molar-refractivity contribution in [2.75, 3.05) is 0 Å². The third kappa shape index (κ3) is 10.2. The van der Waals surface area contributed by atoms with Crippen LogP contribution in [0.3, 0.4) is 0 Å². The summed E-state index contributed by atoms with van der Waals surface area (Å²) in [6.45, 7) is 13.3. The van der Waals surface area contributed by atoms with Crippen molar-refractivity contribution < 1.29 is 38.3 Å². The van der Waals surface area contributed by atoms with Gasteiger partial charge in [-0.3, -0.25) is 4.79 Å². The lowest BCUT2D eigenvalue weighted by molar-refractivity contribution is -0.129. The molecule has 2 unspecified atom stereocenters. The molecule has 0 N–H and O–H groups in total. The molecule has 0 radical (unpaired) electrons. The number of carbonyl (C=O) groups is 1. The Morgan fingerprint density at radius 3 is 2.02 bits per heavy atom. The molecule has 0 aromatic heterocycles. The minimum absolute atomic E-state index is 0.0228. The minimum Gasteiger partial charge on any atom is -0.543 e. The van der Waals surface area contributed by atoms with E-state index in [2.05, 4.69) is 57.0 Å². The summed E-state index contributed by atoms with van der Waals surface area (Å²) in [7, 11) is -10.9. The molecule has 0 aliphatic heterocycles. The highest BCUT2D eigenvalue weighted by molar-refractivity contribution is 7.84. The van der Waals surface area contributed by atoms with Crippen LogP contribution in [-0.4, -0.2) is 26.7 Å². The first-order valence-electron chi connectivity index (χ1n) is 19.6. The second kappa shape index (κ2) is 16.9. The summed E-state index contributed by atoms with van der Waals surface area (Å²) in [5.74, 6) is 7.47. The van der Waals surface area contributed by atoms with Crippen LogP contribution in [0.5, 0.6) is 23.0 Å². The standard InChI is InChI=1S/C32H30FNO7S2.C14H20OSi/c1-3-21-5-4-6-25(19-21)41-43(37,38)40-24-10-8-23(9-11-24)34-42(33,36)39-26-12-14-27-22(20-26)7-13-29-28(27)17-18-32(2)30(29)15-16-31(32)35;1-7-12-9-8-10-13(11-12)15-16(5,6)14(2,3)4/h1,4-6,8-12,14,19-20,28-30H,7,13,15-18H2,2H3;1,8-11H,2-6H3/t28-,29-,30?,32+,42?;/m1./s1. The molecular formula is C46H50FNO8S2Si. The quantitative estimate of drug-likeness (QED) is 0.0928. The lowest BCUT2D eigenvalue weighted by atomic mass is 9.55. The van der Waals surface area contributed by atoms with Gasteiger partial charge in [0.1, 0.15) is 28.8 Å². The summed E-state index contributed by atoms with van der Waals surface area (Å²) >= 11 is 0. The smallest absolute Gasteiger partial charge is 0.500 e. The largest absolute Gasteiger partial charge is 0.543 e. The third-order valence-corrected chi connectivity index (χ3v) is 18.2. The molecule has 4 aromatic rings. The maximum absolute atomic E-state index is 15.0. The van der Waals surface area contributed by atoms with E-state index >= 15 is 3.89 Å². The SMILES string of the molecule is C#Cc1cccc(OS(=O)(=O)Oc2ccc(N=S(=O)(F)Oc3ccc4c(c3)CC[C@H]3C5CCC(=O)[C@@]5(C)CC[C@H]43)cc2)c1.C#Cc1cccc(O[Si](C)(C)C(C)(C)C)c1. The van der Waals surface area contributed by atoms with Crippen LogP contribution in [0.25, 0.3) is 0 Å². The number of rotatable bonds is 9. The minimum atomic E-state index is -4.62. The molecule has 0 saturated heterocycles. The van der Waals surface area contributed by atoms with Gasteiger partial charge >= 0.3 is 20.8 Å². The van der Waals surface area contributed by atoms with Crippen molar-refractivity contribution in [1.82, 2.24) is 0 Å². The average Bonchev–Trinajstić information content (AvgIpc) is 3.48. The zero-order valence-electron chi connectivity index (χ0n) is 34.2. The van der Waals surface area contributed by atoms with Crippen molar-refractivity contribution in [3.05, 3.63) is 113 Å². The molecular weight excluding hydrogens is 806 g/mol. The Bertz CT molecular complexity index is 2550. The molecule has 310 valence electrons. The molecule has 59 heavy (non-hydrogen) atoms. The molecule has 2 fully saturated rings. The van der Waals surface area contributed by atoms with Crippen molar-refractivity contribution in [2.45, 2.75) is 90.3 Å². The van der Waals surface area contributed by atoms with Gasteiger partial charge in [-0.2, -0.15) is 4.21 Å². The van der Waals surface area contributed by atoms with Crippen molar-refractivity contribution in [3.8, 4) is 47.7 Å². The average molecular weight is 856 g/mol. The number of terminal acetylenes is 2. The van der Waals surface area contributed by atoms with Crippen molar-refractivity contribution >= 4 is 40.6 Å². The van der Waals surface area contributed by atoms with Gasteiger partial charge in [0.25, 0.3) is 0 Å². The second-order valence-corrected chi connectivity index (χ2v) is 24.1. The molecule has 4 aromatic carbocycles. The Hall–Kier alpha value is -5.08. The molecule has 0 spiro atoms. The first kappa shape index (κ1) is 43.5. The van der Waals surface area contributed by atoms with E-state index in [-0.39, 0.29) is 33.4 Å². The Labute approximate surface area is 350 Å². The molecule has 9 nitrogen and oxygen atoms in total.